The zero-order valence-electron chi connectivity index (χ0n) is 15.9. The van der Waals surface area contributed by atoms with Gasteiger partial charge in [0, 0.05) is 19.0 Å². The summed E-state index contributed by atoms with van der Waals surface area (Å²) in [5, 5.41) is 0. The van der Waals surface area contributed by atoms with Crippen molar-refractivity contribution in [2.24, 2.45) is 4.99 Å². The molecular formula is C22H38N2. The lowest BCUT2D eigenvalue weighted by molar-refractivity contribution is 0.536. The lowest BCUT2D eigenvalue weighted by Gasteiger charge is -2.02. The molecule has 1 heterocycles. The number of hydrogen-bond donors (Lipinski definition) is 0. The second-order valence-corrected chi connectivity index (χ2v) is 6.89. The quantitative estimate of drug-likeness (QED) is 0.237. The van der Waals surface area contributed by atoms with Crippen molar-refractivity contribution in [2.75, 3.05) is 6.54 Å². The topological polar surface area (TPSA) is 25.2 Å². The van der Waals surface area contributed by atoms with Crippen molar-refractivity contribution in [3.8, 4) is 0 Å². The largest absolute Gasteiger partial charge is 0.291 e. The molecule has 0 amide bonds. The van der Waals surface area contributed by atoms with Crippen molar-refractivity contribution in [2.45, 2.75) is 96.8 Å². The van der Waals surface area contributed by atoms with Crippen LogP contribution in [0.5, 0.6) is 0 Å². The zero-order chi connectivity index (χ0) is 17.1. The Kier molecular flexibility index (Phi) is 14.5. The molecule has 0 aliphatic heterocycles. The summed E-state index contributed by atoms with van der Waals surface area (Å²) in [7, 11) is 0. The minimum atomic E-state index is 0.939. The molecule has 0 atom stereocenters. The molecule has 0 aliphatic rings. The van der Waals surface area contributed by atoms with Gasteiger partial charge in [-0.2, -0.15) is 0 Å². The van der Waals surface area contributed by atoms with Crippen molar-refractivity contribution < 1.29 is 0 Å². The van der Waals surface area contributed by atoms with Crippen LogP contribution in [0.4, 0.5) is 0 Å². The average Bonchev–Trinajstić information content (AvgIpc) is 2.62. The van der Waals surface area contributed by atoms with Gasteiger partial charge in [0.25, 0.3) is 0 Å². The van der Waals surface area contributed by atoms with Crippen LogP contribution in [0.2, 0.25) is 0 Å². The second kappa shape index (κ2) is 16.7. The molecule has 0 fully saturated rings. The molecule has 0 saturated carbocycles. The van der Waals surface area contributed by atoms with E-state index in [1.807, 2.05) is 30.6 Å². The summed E-state index contributed by atoms with van der Waals surface area (Å²) < 4.78 is 0. The highest BCUT2D eigenvalue weighted by molar-refractivity contribution is 5.76. The molecule has 0 aromatic carbocycles. The van der Waals surface area contributed by atoms with Gasteiger partial charge in [-0.1, -0.05) is 96.5 Å². The second-order valence-electron chi connectivity index (χ2n) is 6.89. The van der Waals surface area contributed by atoms with Gasteiger partial charge in [-0.15, -0.1) is 0 Å². The summed E-state index contributed by atoms with van der Waals surface area (Å²) in [6.45, 7) is 3.23. The molecule has 0 aliphatic carbocycles. The van der Waals surface area contributed by atoms with E-state index in [-0.39, 0.29) is 0 Å². The zero-order valence-corrected chi connectivity index (χ0v) is 15.9. The molecule has 2 heteroatoms. The number of aromatic nitrogens is 1. The van der Waals surface area contributed by atoms with Gasteiger partial charge in [-0.3, -0.25) is 9.98 Å². The van der Waals surface area contributed by atoms with E-state index >= 15 is 0 Å². The Labute approximate surface area is 150 Å². The Morgan fingerprint density at radius 3 is 1.79 bits per heavy atom. The third-order valence-electron chi connectivity index (χ3n) is 4.55. The highest BCUT2D eigenvalue weighted by Crippen LogP contribution is 2.12. The predicted octanol–water partition coefficient (Wildman–Crippen LogP) is 6.98. The third-order valence-corrected chi connectivity index (χ3v) is 4.55. The maximum absolute atomic E-state index is 4.45. The Morgan fingerprint density at radius 2 is 1.29 bits per heavy atom. The van der Waals surface area contributed by atoms with E-state index in [1.54, 1.807) is 0 Å². The van der Waals surface area contributed by atoms with E-state index in [9.17, 15) is 0 Å². The first-order valence-electron chi connectivity index (χ1n) is 10.3. The maximum Gasteiger partial charge on any atom is 0.0807 e. The van der Waals surface area contributed by atoms with Crippen LogP contribution in [0.15, 0.2) is 29.4 Å². The summed E-state index contributed by atoms with van der Waals surface area (Å²) in [6.07, 6.45) is 23.4. The fourth-order valence-electron chi connectivity index (χ4n) is 3.01. The van der Waals surface area contributed by atoms with Crippen LogP contribution in [-0.2, 0) is 0 Å². The van der Waals surface area contributed by atoms with Gasteiger partial charge in [-0.05, 0) is 18.6 Å². The van der Waals surface area contributed by atoms with Gasteiger partial charge in [0.1, 0.15) is 0 Å². The van der Waals surface area contributed by atoms with Crippen LogP contribution in [0.3, 0.4) is 0 Å². The van der Waals surface area contributed by atoms with Gasteiger partial charge >= 0.3 is 0 Å². The molecule has 0 radical (unpaired) electrons. The lowest BCUT2D eigenvalue weighted by Crippen LogP contribution is -1.88. The monoisotopic (exact) mass is 330 g/mol. The van der Waals surface area contributed by atoms with Crippen LogP contribution in [0.25, 0.3) is 0 Å². The molecule has 1 aromatic heterocycles. The fraction of sp³-hybridized carbons (Fsp3) is 0.727. The minimum Gasteiger partial charge on any atom is -0.291 e. The van der Waals surface area contributed by atoms with E-state index in [1.165, 1.54) is 89.9 Å². The molecule has 0 bridgehead atoms. The number of pyridine rings is 1. The molecule has 0 spiro atoms. The van der Waals surface area contributed by atoms with Gasteiger partial charge < -0.3 is 0 Å². The van der Waals surface area contributed by atoms with Crippen LogP contribution < -0.4 is 0 Å². The van der Waals surface area contributed by atoms with Crippen LogP contribution in [-0.4, -0.2) is 17.7 Å². The van der Waals surface area contributed by atoms with E-state index in [4.69, 9.17) is 0 Å². The average molecular weight is 331 g/mol. The van der Waals surface area contributed by atoms with Crippen molar-refractivity contribution in [3.63, 3.8) is 0 Å². The fourth-order valence-corrected chi connectivity index (χ4v) is 3.01. The van der Waals surface area contributed by atoms with E-state index in [0.29, 0.717) is 0 Å². The summed E-state index contributed by atoms with van der Waals surface area (Å²) in [5.74, 6) is 0. The third kappa shape index (κ3) is 13.3. The first kappa shape index (κ1) is 20.9. The molecule has 1 aromatic rings. The molecule has 24 heavy (non-hydrogen) atoms. The van der Waals surface area contributed by atoms with Crippen molar-refractivity contribution in [3.05, 3.63) is 30.1 Å². The summed E-state index contributed by atoms with van der Waals surface area (Å²) >= 11 is 0. The SMILES string of the molecule is CCCCCCCCCCCCCCCCN=Cc1ccccn1. The normalized spacial score (nSPS) is 11.4. The Morgan fingerprint density at radius 1 is 0.750 bits per heavy atom. The summed E-state index contributed by atoms with van der Waals surface area (Å²) in [4.78, 5) is 8.69. The number of unbranched alkanes of at least 4 members (excludes halogenated alkanes) is 13. The van der Waals surface area contributed by atoms with Crippen molar-refractivity contribution >= 4 is 6.21 Å². The molecule has 0 unspecified atom stereocenters. The van der Waals surface area contributed by atoms with Crippen LogP contribution in [0, 0.1) is 0 Å². The molecule has 1 rings (SSSR count). The molecule has 136 valence electrons. The summed E-state index contributed by atoms with van der Waals surface area (Å²) in [6, 6.07) is 5.93. The van der Waals surface area contributed by atoms with Crippen LogP contribution >= 0.6 is 0 Å². The Hall–Kier alpha value is -1.18. The van der Waals surface area contributed by atoms with Gasteiger partial charge in [0.2, 0.25) is 0 Å². The Balaban J connectivity index is 1.75. The van der Waals surface area contributed by atoms with E-state index in [0.717, 1.165) is 12.2 Å². The Bertz CT molecular complexity index is 386. The highest BCUT2D eigenvalue weighted by atomic mass is 14.7. The highest BCUT2D eigenvalue weighted by Gasteiger charge is 1.94. The van der Waals surface area contributed by atoms with E-state index in [2.05, 4.69) is 16.9 Å². The molecule has 2 nitrogen and oxygen atoms in total. The van der Waals surface area contributed by atoms with Crippen molar-refractivity contribution in [1.29, 1.82) is 0 Å². The smallest absolute Gasteiger partial charge is 0.0807 e. The standard InChI is InChI=1S/C22H38N2/c1-2-3-4-5-6-7-8-9-10-11-12-13-14-16-19-23-21-22-18-15-17-20-24-22/h15,17-18,20-21H,2-14,16,19H2,1H3. The molecule has 0 N–H and O–H groups in total. The van der Waals surface area contributed by atoms with Crippen molar-refractivity contribution in [1.82, 2.24) is 4.98 Å². The first-order chi connectivity index (χ1) is 11.9. The minimum absolute atomic E-state index is 0.939. The van der Waals surface area contributed by atoms with Gasteiger partial charge in [0.15, 0.2) is 0 Å². The van der Waals surface area contributed by atoms with Gasteiger partial charge in [-0.25, -0.2) is 0 Å². The lowest BCUT2D eigenvalue weighted by atomic mass is 10.0. The van der Waals surface area contributed by atoms with E-state index < -0.39 is 0 Å². The number of nitrogens with zero attached hydrogens (tertiary/aromatic N) is 2. The maximum atomic E-state index is 4.45. The number of rotatable bonds is 16. The summed E-state index contributed by atoms with van der Waals surface area (Å²) in [5.41, 5.74) is 0.961. The predicted molar refractivity (Wildman–Crippen MR) is 107 cm³/mol. The molecule has 0 saturated heterocycles. The first-order valence-corrected chi connectivity index (χ1v) is 10.3. The molecular weight excluding hydrogens is 292 g/mol. The van der Waals surface area contributed by atoms with Crippen LogP contribution in [0.1, 0.15) is 103 Å². The number of aliphatic imine (C=N–C) groups is 1. The number of hydrogen-bond acceptors (Lipinski definition) is 2. The van der Waals surface area contributed by atoms with Gasteiger partial charge in [0.05, 0.1) is 5.69 Å².